The van der Waals surface area contributed by atoms with Crippen molar-refractivity contribution in [2.45, 2.75) is 58.9 Å². The van der Waals surface area contributed by atoms with E-state index in [1.165, 1.54) is 12.8 Å². The van der Waals surface area contributed by atoms with Crippen LogP contribution in [0.25, 0.3) is 0 Å². The van der Waals surface area contributed by atoms with Crippen LogP contribution >= 0.6 is 0 Å². The lowest BCUT2D eigenvalue weighted by atomic mass is 9.97. The molecule has 1 aliphatic heterocycles. The average Bonchev–Trinajstić information content (AvgIpc) is 2.93. The zero-order valence-electron chi connectivity index (χ0n) is 13.6. The second-order valence-corrected chi connectivity index (χ2v) is 6.19. The number of rotatable bonds is 7. The van der Waals surface area contributed by atoms with Crippen molar-refractivity contribution in [1.82, 2.24) is 0 Å². The summed E-state index contributed by atoms with van der Waals surface area (Å²) in [4.78, 5) is 13.6. The number of hydrogen-bond donors (Lipinski definition) is 1. The van der Waals surface area contributed by atoms with E-state index in [9.17, 15) is 4.79 Å². The molecule has 1 aromatic rings. The fourth-order valence-electron chi connectivity index (χ4n) is 2.87. The number of nitrogens with zero attached hydrogens (tertiary/aromatic N) is 1. The van der Waals surface area contributed by atoms with E-state index in [2.05, 4.69) is 50.4 Å². The van der Waals surface area contributed by atoms with Gasteiger partial charge in [0.05, 0.1) is 0 Å². The lowest BCUT2D eigenvalue weighted by molar-refractivity contribution is -0.117. The van der Waals surface area contributed by atoms with Gasteiger partial charge < -0.3 is 10.2 Å². The fourth-order valence-corrected chi connectivity index (χ4v) is 2.87. The van der Waals surface area contributed by atoms with Crippen molar-refractivity contribution in [1.29, 1.82) is 0 Å². The molecule has 116 valence electrons. The summed E-state index contributed by atoms with van der Waals surface area (Å²) in [7, 11) is 0. The first-order valence-corrected chi connectivity index (χ1v) is 8.31. The lowest BCUT2D eigenvalue weighted by Gasteiger charge is -2.22. The van der Waals surface area contributed by atoms with Crippen LogP contribution in [0.5, 0.6) is 0 Å². The Morgan fingerprint density at radius 2 is 1.90 bits per heavy atom. The van der Waals surface area contributed by atoms with Crippen molar-refractivity contribution in [3.05, 3.63) is 24.3 Å². The molecule has 1 heterocycles. The quantitative estimate of drug-likeness (QED) is 0.804. The molecule has 21 heavy (non-hydrogen) atoms. The number of amides is 1. The molecule has 2 atom stereocenters. The number of anilines is 2. The van der Waals surface area contributed by atoms with E-state index in [1.807, 2.05) is 4.90 Å². The Hall–Kier alpha value is -1.51. The van der Waals surface area contributed by atoms with E-state index in [-0.39, 0.29) is 5.91 Å². The molecular weight excluding hydrogens is 260 g/mol. The topological polar surface area (TPSA) is 32.3 Å². The molecule has 0 radical (unpaired) electrons. The Bertz CT molecular complexity index is 455. The molecule has 2 rings (SSSR count). The van der Waals surface area contributed by atoms with Crippen LogP contribution in [0.15, 0.2) is 24.3 Å². The zero-order valence-corrected chi connectivity index (χ0v) is 13.6. The predicted molar refractivity (Wildman–Crippen MR) is 89.8 cm³/mol. The van der Waals surface area contributed by atoms with Gasteiger partial charge in [0.1, 0.15) is 0 Å². The number of hydrogen-bond acceptors (Lipinski definition) is 2. The van der Waals surface area contributed by atoms with Crippen molar-refractivity contribution < 1.29 is 4.79 Å². The zero-order chi connectivity index (χ0) is 15.2. The van der Waals surface area contributed by atoms with Gasteiger partial charge in [-0.1, -0.05) is 27.2 Å². The van der Waals surface area contributed by atoms with Gasteiger partial charge in [-0.3, -0.25) is 4.79 Å². The minimum Gasteiger partial charge on any atom is -0.382 e. The number of carbonyl (C=O) groups is 1. The van der Waals surface area contributed by atoms with Crippen LogP contribution in [-0.2, 0) is 4.79 Å². The van der Waals surface area contributed by atoms with E-state index >= 15 is 0 Å². The van der Waals surface area contributed by atoms with Crippen LogP contribution in [0.1, 0.15) is 52.9 Å². The highest BCUT2D eigenvalue weighted by Gasteiger charge is 2.21. The van der Waals surface area contributed by atoms with E-state index in [0.29, 0.717) is 12.5 Å². The maximum atomic E-state index is 11.7. The Morgan fingerprint density at radius 1 is 1.19 bits per heavy atom. The van der Waals surface area contributed by atoms with Gasteiger partial charge in [-0.25, -0.2) is 0 Å². The monoisotopic (exact) mass is 288 g/mol. The average molecular weight is 288 g/mol. The third kappa shape index (κ3) is 4.23. The maximum Gasteiger partial charge on any atom is 0.227 e. The SMILES string of the molecule is CCC(C)CC(CC)Nc1ccc(N2CCCC2=O)cc1. The van der Waals surface area contributed by atoms with Crippen molar-refractivity contribution >= 4 is 17.3 Å². The Labute approximate surface area is 128 Å². The molecule has 2 unspecified atom stereocenters. The van der Waals surface area contributed by atoms with Gasteiger partial charge >= 0.3 is 0 Å². The second kappa shape index (κ2) is 7.48. The molecule has 3 heteroatoms. The van der Waals surface area contributed by atoms with Crippen molar-refractivity contribution in [2.75, 3.05) is 16.8 Å². The molecule has 1 fully saturated rings. The predicted octanol–water partition coefficient (Wildman–Crippen LogP) is 4.44. The van der Waals surface area contributed by atoms with Gasteiger partial charge in [0.25, 0.3) is 0 Å². The third-order valence-electron chi connectivity index (χ3n) is 4.50. The number of carbonyl (C=O) groups excluding carboxylic acids is 1. The Balaban J connectivity index is 1.96. The van der Waals surface area contributed by atoms with Crippen LogP contribution in [0.2, 0.25) is 0 Å². The van der Waals surface area contributed by atoms with Gasteiger partial charge in [0.15, 0.2) is 0 Å². The van der Waals surface area contributed by atoms with Crippen LogP contribution in [0, 0.1) is 5.92 Å². The Morgan fingerprint density at radius 3 is 2.43 bits per heavy atom. The lowest BCUT2D eigenvalue weighted by Crippen LogP contribution is -2.24. The van der Waals surface area contributed by atoms with Crippen LogP contribution in [0.3, 0.4) is 0 Å². The summed E-state index contributed by atoms with van der Waals surface area (Å²) in [5, 5.41) is 3.62. The Kier molecular flexibility index (Phi) is 5.66. The summed E-state index contributed by atoms with van der Waals surface area (Å²) in [6.45, 7) is 7.65. The van der Waals surface area contributed by atoms with E-state index in [1.54, 1.807) is 0 Å². The largest absolute Gasteiger partial charge is 0.382 e. The van der Waals surface area contributed by atoms with Crippen LogP contribution in [-0.4, -0.2) is 18.5 Å². The highest BCUT2D eigenvalue weighted by atomic mass is 16.2. The van der Waals surface area contributed by atoms with E-state index < -0.39 is 0 Å². The van der Waals surface area contributed by atoms with Gasteiger partial charge in [0, 0.05) is 30.4 Å². The van der Waals surface area contributed by atoms with Crippen LogP contribution < -0.4 is 10.2 Å². The molecule has 0 spiro atoms. The summed E-state index contributed by atoms with van der Waals surface area (Å²) in [5.41, 5.74) is 2.18. The summed E-state index contributed by atoms with van der Waals surface area (Å²) < 4.78 is 0. The van der Waals surface area contributed by atoms with Crippen molar-refractivity contribution in [2.24, 2.45) is 5.92 Å². The molecular formula is C18H28N2O. The van der Waals surface area contributed by atoms with Gasteiger partial charge in [-0.2, -0.15) is 0 Å². The highest BCUT2D eigenvalue weighted by molar-refractivity contribution is 5.95. The molecule has 1 N–H and O–H groups in total. The standard InChI is InChI=1S/C18H28N2O/c1-4-14(3)13-15(5-2)19-16-8-10-17(11-9-16)20-12-6-7-18(20)21/h8-11,14-15,19H,4-7,12-13H2,1-3H3. The summed E-state index contributed by atoms with van der Waals surface area (Å²) in [5.74, 6) is 1.00. The number of benzene rings is 1. The summed E-state index contributed by atoms with van der Waals surface area (Å²) in [6, 6.07) is 8.84. The minimum absolute atomic E-state index is 0.249. The first-order chi connectivity index (χ1) is 10.1. The molecule has 0 saturated carbocycles. The maximum absolute atomic E-state index is 11.7. The van der Waals surface area contributed by atoms with E-state index in [0.717, 1.165) is 36.7 Å². The second-order valence-electron chi connectivity index (χ2n) is 6.19. The fraction of sp³-hybridized carbons (Fsp3) is 0.611. The molecule has 1 aromatic carbocycles. The smallest absolute Gasteiger partial charge is 0.227 e. The first-order valence-electron chi connectivity index (χ1n) is 8.31. The summed E-state index contributed by atoms with van der Waals surface area (Å²) >= 11 is 0. The van der Waals surface area contributed by atoms with Gasteiger partial charge in [-0.15, -0.1) is 0 Å². The van der Waals surface area contributed by atoms with Crippen molar-refractivity contribution in [3.63, 3.8) is 0 Å². The highest BCUT2D eigenvalue weighted by Crippen LogP contribution is 2.24. The summed E-state index contributed by atoms with van der Waals surface area (Å²) in [6.07, 6.45) is 5.24. The van der Waals surface area contributed by atoms with E-state index in [4.69, 9.17) is 0 Å². The minimum atomic E-state index is 0.249. The molecule has 1 amide bonds. The normalized spacial score (nSPS) is 17.9. The molecule has 1 saturated heterocycles. The van der Waals surface area contributed by atoms with Crippen molar-refractivity contribution in [3.8, 4) is 0 Å². The van der Waals surface area contributed by atoms with Gasteiger partial charge in [-0.05, 0) is 49.4 Å². The molecule has 3 nitrogen and oxygen atoms in total. The third-order valence-corrected chi connectivity index (χ3v) is 4.50. The molecule has 1 aliphatic rings. The van der Waals surface area contributed by atoms with Crippen LogP contribution in [0.4, 0.5) is 11.4 Å². The molecule has 0 aliphatic carbocycles. The molecule has 0 bridgehead atoms. The first kappa shape index (κ1) is 15.9. The van der Waals surface area contributed by atoms with Gasteiger partial charge in [0.2, 0.25) is 5.91 Å². The molecule has 0 aromatic heterocycles. The number of nitrogens with one attached hydrogen (secondary N) is 1.